The second-order valence-corrected chi connectivity index (χ2v) is 5.35. The monoisotopic (exact) mass is 273 g/mol. The summed E-state index contributed by atoms with van der Waals surface area (Å²) in [7, 11) is 0. The van der Waals surface area contributed by atoms with Gasteiger partial charge in [-0.1, -0.05) is 30.3 Å². The maximum absolute atomic E-state index is 13.3. The van der Waals surface area contributed by atoms with Crippen LogP contribution in [-0.4, -0.2) is 0 Å². The highest BCUT2D eigenvalue weighted by atomic mass is 19.2. The van der Waals surface area contributed by atoms with Crippen LogP contribution in [0.5, 0.6) is 0 Å². The molecule has 3 rings (SSSR count). The first-order chi connectivity index (χ1) is 9.65. The highest BCUT2D eigenvalue weighted by Crippen LogP contribution is 2.32. The van der Waals surface area contributed by atoms with E-state index in [2.05, 4.69) is 23.5 Å². The Labute approximate surface area is 117 Å². The Hall–Kier alpha value is -1.74. The van der Waals surface area contributed by atoms with E-state index in [0.29, 0.717) is 0 Å². The lowest BCUT2D eigenvalue weighted by molar-refractivity contribution is 0.458. The van der Waals surface area contributed by atoms with E-state index < -0.39 is 11.6 Å². The number of nitrogens with one attached hydrogen (secondary N) is 1. The molecule has 2 aromatic carbocycles. The zero-order valence-corrected chi connectivity index (χ0v) is 11.4. The highest BCUT2D eigenvalue weighted by molar-refractivity contribution is 5.34. The van der Waals surface area contributed by atoms with Crippen molar-refractivity contribution in [1.82, 2.24) is 5.32 Å². The normalized spacial score (nSPS) is 18.9. The van der Waals surface area contributed by atoms with Crippen molar-refractivity contribution in [3.8, 4) is 0 Å². The Kier molecular flexibility index (Phi) is 3.53. The molecule has 1 nitrogen and oxygen atoms in total. The molecule has 0 saturated heterocycles. The van der Waals surface area contributed by atoms with Crippen LogP contribution in [0.25, 0.3) is 0 Å². The third-order valence-corrected chi connectivity index (χ3v) is 4.03. The van der Waals surface area contributed by atoms with E-state index in [0.717, 1.165) is 18.4 Å². The van der Waals surface area contributed by atoms with Crippen LogP contribution in [0.1, 0.15) is 42.1 Å². The quantitative estimate of drug-likeness (QED) is 0.879. The van der Waals surface area contributed by atoms with Gasteiger partial charge in [0.15, 0.2) is 11.6 Å². The van der Waals surface area contributed by atoms with Gasteiger partial charge < -0.3 is 5.32 Å². The predicted octanol–water partition coefficient (Wildman–Crippen LogP) is 4.30. The van der Waals surface area contributed by atoms with Crippen LogP contribution in [-0.2, 0) is 6.42 Å². The van der Waals surface area contributed by atoms with Gasteiger partial charge in [-0.25, -0.2) is 8.78 Å². The summed E-state index contributed by atoms with van der Waals surface area (Å²) in [4.78, 5) is 0. The number of hydrogen-bond acceptors (Lipinski definition) is 1. The Morgan fingerprint density at radius 2 is 1.90 bits per heavy atom. The molecule has 0 bridgehead atoms. The van der Waals surface area contributed by atoms with Gasteiger partial charge in [-0.05, 0) is 48.6 Å². The topological polar surface area (TPSA) is 12.0 Å². The second-order valence-electron chi connectivity index (χ2n) is 5.35. The molecule has 1 aliphatic carbocycles. The number of benzene rings is 2. The number of rotatable bonds is 3. The average molecular weight is 273 g/mol. The van der Waals surface area contributed by atoms with Crippen LogP contribution in [0.3, 0.4) is 0 Å². The fourth-order valence-corrected chi connectivity index (χ4v) is 2.91. The summed E-state index contributed by atoms with van der Waals surface area (Å²) in [5.41, 5.74) is 3.47. The minimum absolute atomic E-state index is 0.0127. The van der Waals surface area contributed by atoms with Crippen molar-refractivity contribution < 1.29 is 8.78 Å². The highest BCUT2D eigenvalue weighted by Gasteiger charge is 2.23. The molecular formula is C17H17F2N. The van der Waals surface area contributed by atoms with Crippen molar-refractivity contribution in [1.29, 1.82) is 0 Å². The van der Waals surface area contributed by atoms with Crippen molar-refractivity contribution in [2.45, 2.75) is 31.8 Å². The summed E-state index contributed by atoms with van der Waals surface area (Å²) in [5.74, 6) is -1.59. The minimum Gasteiger partial charge on any atom is -0.303 e. The summed E-state index contributed by atoms with van der Waals surface area (Å²) in [6, 6.07) is 12.8. The average Bonchev–Trinajstić information content (AvgIpc) is 2.85. The summed E-state index contributed by atoms with van der Waals surface area (Å²) in [5, 5.41) is 3.51. The molecule has 0 radical (unpaired) electrons. The molecule has 3 heteroatoms. The summed E-state index contributed by atoms with van der Waals surface area (Å²) in [6.07, 6.45) is 2.12. The van der Waals surface area contributed by atoms with Crippen LogP contribution in [0, 0.1) is 11.6 Å². The zero-order chi connectivity index (χ0) is 14.1. The van der Waals surface area contributed by atoms with E-state index in [1.807, 2.05) is 13.0 Å². The molecule has 1 aliphatic rings. The maximum Gasteiger partial charge on any atom is 0.159 e. The first-order valence-electron chi connectivity index (χ1n) is 6.94. The molecule has 20 heavy (non-hydrogen) atoms. The largest absolute Gasteiger partial charge is 0.303 e. The molecule has 2 aromatic rings. The molecule has 2 unspecified atom stereocenters. The summed E-state index contributed by atoms with van der Waals surface area (Å²) >= 11 is 0. The smallest absolute Gasteiger partial charge is 0.159 e. The molecule has 2 atom stereocenters. The SMILES string of the molecule is CC(NC1CCc2ccccc21)c1ccc(F)c(F)c1. The van der Waals surface area contributed by atoms with Crippen LogP contribution in [0.4, 0.5) is 8.78 Å². The number of halogens is 2. The standard InChI is InChI=1S/C17H17F2N/c1-11(13-6-8-15(18)16(19)10-13)20-17-9-7-12-4-2-3-5-14(12)17/h2-6,8,10-11,17,20H,7,9H2,1H3. The lowest BCUT2D eigenvalue weighted by atomic mass is 10.0. The second kappa shape index (κ2) is 5.33. The van der Waals surface area contributed by atoms with Crippen LogP contribution in [0.15, 0.2) is 42.5 Å². The van der Waals surface area contributed by atoms with Gasteiger partial charge in [-0.3, -0.25) is 0 Å². The minimum atomic E-state index is -0.799. The van der Waals surface area contributed by atoms with Gasteiger partial charge >= 0.3 is 0 Å². The zero-order valence-electron chi connectivity index (χ0n) is 11.4. The van der Waals surface area contributed by atoms with Crippen LogP contribution in [0.2, 0.25) is 0 Å². The van der Waals surface area contributed by atoms with Crippen molar-refractivity contribution in [3.05, 3.63) is 70.8 Å². The van der Waals surface area contributed by atoms with Gasteiger partial charge in [0.2, 0.25) is 0 Å². The third kappa shape index (κ3) is 2.46. The lowest BCUT2D eigenvalue weighted by Crippen LogP contribution is -2.23. The molecule has 0 heterocycles. The molecule has 0 fully saturated rings. The molecule has 0 aliphatic heterocycles. The Balaban J connectivity index is 1.77. The van der Waals surface area contributed by atoms with E-state index in [-0.39, 0.29) is 12.1 Å². The first-order valence-corrected chi connectivity index (χ1v) is 6.94. The molecule has 104 valence electrons. The van der Waals surface area contributed by atoms with Gasteiger partial charge in [0.05, 0.1) is 0 Å². The van der Waals surface area contributed by atoms with Gasteiger partial charge in [0, 0.05) is 12.1 Å². The maximum atomic E-state index is 13.3. The van der Waals surface area contributed by atoms with Gasteiger partial charge in [-0.2, -0.15) is 0 Å². The van der Waals surface area contributed by atoms with Gasteiger partial charge in [0.25, 0.3) is 0 Å². The van der Waals surface area contributed by atoms with Crippen LogP contribution >= 0.6 is 0 Å². The predicted molar refractivity (Wildman–Crippen MR) is 75.4 cm³/mol. The van der Waals surface area contributed by atoms with E-state index in [4.69, 9.17) is 0 Å². The summed E-state index contributed by atoms with van der Waals surface area (Å²) in [6.45, 7) is 1.98. The molecule has 0 amide bonds. The van der Waals surface area contributed by atoms with E-state index in [1.165, 1.54) is 23.3 Å². The molecular weight excluding hydrogens is 256 g/mol. The third-order valence-electron chi connectivity index (χ3n) is 4.03. The van der Waals surface area contributed by atoms with Gasteiger partial charge in [0.1, 0.15) is 0 Å². The van der Waals surface area contributed by atoms with Crippen molar-refractivity contribution in [2.24, 2.45) is 0 Å². The molecule has 0 spiro atoms. The Bertz CT molecular complexity index is 624. The number of hydrogen-bond donors (Lipinski definition) is 1. The van der Waals surface area contributed by atoms with E-state index >= 15 is 0 Å². The number of fused-ring (bicyclic) bond motifs is 1. The van der Waals surface area contributed by atoms with E-state index in [9.17, 15) is 8.78 Å². The Morgan fingerprint density at radius 1 is 1.10 bits per heavy atom. The molecule has 0 saturated carbocycles. The van der Waals surface area contributed by atoms with E-state index in [1.54, 1.807) is 6.07 Å². The van der Waals surface area contributed by atoms with Crippen molar-refractivity contribution in [2.75, 3.05) is 0 Å². The lowest BCUT2D eigenvalue weighted by Gasteiger charge is -2.21. The van der Waals surface area contributed by atoms with Gasteiger partial charge in [-0.15, -0.1) is 0 Å². The number of aryl methyl sites for hydroxylation is 1. The molecule has 0 aromatic heterocycles. The Morgan fingerprint density at radius 3 is 2.70 bits per heavy atom. The first kappa shape index (κ1) is 13.3. The van der Waals surface area contributed by atoms with Crippen molar-refractivity contribution >= 4 is 0 Å². The molecule has 1 N–H and O–H groups in total. The fourth-order valence-electron chi connectivity index (χ4n) is 2.91. The van der Waals surface area contributed by atoms with Crippen LogP contribution < -0.4 is 5.32 Å². The fraction of sp³-hybridized carbons (Fsp3) is 0.294. The summed E-state index contributed by atoms with van der Waals surface area (Å²) < 4.78 is 26.3. The van der Waals surface area contributed by atoms with Crippen molar-refractivity contribution in [3.63, 3.8) is 0 Å².